The van der Waals surface area contributed by atoms with Crippen LogP contribution in [-0.2, 0) is 12.8 Å². The first kappa shape index (κ1) is 14.2. The number of carbonyl (C=O) groups is 1. The molecule has 1 amide bonds. The molecule has 1 aliphatic rings. The van der Waals surface area contributed by atoms with Gasteiger partial charge in [0.15, 0.2) is 0 Å². The van der Waals surface area contributed by atoms with Crippen molar-refractivity contribution in [2.24, 2.45) is 0 Å². The Morgan fingerprint density at radius 3 is 2.52 bits per heavy atom. The number of thiol groups is 1. The first-order valence-electron chi connectivity index (χ1n) is 7.37. The lowest BCUT2D eigenvalue weighted by atomic mass is 9.90. The normalized spacial score (nSPS) is 13.6. The third kappa shape index (κ3) is 2.84. The number of hydrogen-bond acceptors (Lipinski definition) is 2. The second-order valence-electron chi connectivity index (χ2n) is 5.57. The van der Waals surface area contributed by atoms with Crippen molar-refractivity contribution in [2.45, 2.75) is 37.5 Å². The van der Waals surface area contributed by atoms with Crippen LogP contribution in [0.4, 0.5) is 5.69 Å². The van der Waals surface area contributed by atoms with Gasteiger partial charge >= 0.3 is 0 Å². The van der Waals surface area contributed by atoms with Crippen LogP contribution in [0.2, 0.25) is 0 Å². The molecule has 2 nitrogen and oxygen atoms in total. The van der Waals surface area contributed by atoms with Crippen molar-refractivity contribution in [3.8, 4) is 0 Å². The second-order valence-corrected chi connectivity index (χ2v) is 6.05. The average Bonchev–Trinajstić information content (AvgIpc) is 2.51. The Hall–Kier alpha value is -1.74. The Kier molecular flexibility index (Phi) is 4.02. The molecule has 0 spiro atoms. The van der Waals surface area contributed by atoms with E-state index in [9.17, 15) is 4.79 Å². The Morgan fingerprint density at radius 2 is 1.76 bits per heavy atom. The van der Waals surface area contributed by atoms with Crippen LogP contribution in [0, 0.1) is 6.92 Å². The van der Waals surface area contributed by atoms with Gasteiger partial charge in [-0.3, -0.25) is 4.79 Å². The lowest BCUT2D eigenvalue weighted by Crippen LogP contribution is -2.16. The highest BCUT2D eigenvalue weighted by atomic mass is 32.1. The Labute approximate surface area is 131 Å². The summed E-state index contributed by atoms with van der Waals surface area (Å²) in [7, 11) is 0. The van der Waals surface area contributed by atoms with E-state index in [0.717, 1.165) is 34.6 Å². The van der Waals surface area contributed by atoms with Crippen LogP contribution in [0.25, 0.3) is 0 Å². The van der Waals surface area contributed by atoms with Crippen LogP contribution in [0.5, 0.6) is 0 Å². The molecule has 0 radical (unpaired) electrons. The minimum atomic E-state index is -0.0345. The smallest absolute Gasteiger partial charge is 0.255 e. The minimum absolute atomic E-state index is 0.0345. The van der Waals surface area contributed by atoms with Gasteiger partial charge in [0.1, 0.15) is 0 Å². The summed E-state index contributed by atoms with van der Waals surface area (Å²) in [5, 5.41) is 3.08. The van der Waals surface area contributed by atoms with E-state index in [2.05, 4.69) is 17.9 Å². The fraction of sp³-hybridized carbons (Fsp3) is 0.278. The molecule has 2 aromatic carbocycles. The highest BCUT2D eigenvalue weighted by Crippen LogP contribution is 2.32. The average molecular weight is 297 g/mol. The van der Waals surface area contributed by atoms with Crippen molar-refractivity contribution < 1.29 is 4.79 Å². The highest BCUT2D eigenvalue weighted by Gasteiger charge is 2.18. The number of benzene rings is 2. The van der Waals surface area contributed by atoms with E-state index in [4.69, 9.17) is 0 Å². The van der Waals surface area contributed by atoms with Crippen LogP contribution in [-0.4, -0.2) is 5.91 Å². The predicted molar refractivity (Wildman–Crippen MR) is 89.5 cm³/mol. The topological polar surface area (TPSA) is 29.1 Å². The lowest BCUT2D eigenvalue weighted by molar-refractivity contribution is 0.102. The molecule has 1 aliphatic carbocycles. The molecule has 3 rings (SSSR count). The van der Waals surface area contributed by atoms with Gasteiger partial charge in [-0.1, -0.05) is 18.2 Å². The van der Waals surface area contributed by atoms with Gasteiger partial charge in [0.05, 0.1) is 0 Å². The molecule has 0 aliphatic heterocycles. The summed E-state index contributed by atoms with van der Waals surface area (Å²) in [6, 6.07) is 11.6. The maximum Gasteiger partial charge on any atom is 0.255 e. The summed E-state index contributed by atoms with van der Waals surface area (Å²) >= 11 is 4.55. The fourth-order valence-corrected chi connectivity index (χ4v) is 3.30. The number of rotatable bonds is 2. The van der Waals surface area contributed by atoms with Crippen LogP contribution in [0.1, 0.15) is 39.9 Å². The molecule has 0 heterocycles. The predicted octanol–water partition coefficient (Wildman–Crippen LogP) is 4.41. The number of nitrogens with one attached hydrogen (secondary N) is 1. The van der Waals surface area contributed by atoms with E-state index in [-0.39, 0.29) is 5.91 Å². The molecule has 21 heavy (non-hydrogen) atoms. The van der Waals surface area contributed by atoms with Gasteiger partial charge in [-0.25, -0.2) is 0 Å². The summed E-state index contributed by atoms with van der Waals surface area (Å²) in [5.41, 5.74) is 5.23. The number of hydrogen-bond donors (Lipinski definition) is 2. The van der Waals surface area contributed by atoms with E-state index < -0.39 is 0 Å². The maximum absolute atomic E-state index is 12.5. The van der Waals surface area contributed by atoms with Crippen LogP contribution in [0.3, 0.4) is 0 Å². The second kappa shape index (κ2) is 5.94. The van der Waals surface area contributed by atoms with Crippen molar-refractivity contribution in [3.63, 3.8) is 0 Å². The molecule has 0 aromatic heterocycles. The Balaban J connectivity index is 1.92. The van der Waals surface area contributed by atoms with Crippen molar-refractivity contribution in [3.05, 3.63) is 58.7 Å². The van der Waals surface area contributed by atoms with Gasteiger partial charge in [0.25, 0.3) is 5.91 Å². The Morgan fingerprint density at radius 1 is 1.05 bits per heavy atom. The molecule has 0 bridgehead atoms. The van der Waals surface area contributed by atoms with E-state index in [1.807, 2.05) is 43.3 Å². The molecule has 1 N–H and O–H groups in total. The quantitative estimate of drug-likeness (QED) is 0.790. The van der Waals surface area contributed by atoms with Crippen molar-refractivity contribution in [1.29, 1.82) is 0 Å². The van der Waals surface area contributed by atoms with E-state index in [0.29, 0.717) is 0 Å². The van der Waals surface area contributed by atoms with Crippen LogP contribution < -0.4 is 5.32 Å². The third-order valence-electron chi connectivity index (χ3n) is 4.15. The van der Waals surface area contributed by atoms with Gasteiger partial charge in [0, 0.05) is 16.1 Å². The number of aryl methyl sites for hydroxylation is 1. The standard InChI is InChI=1S/C18H19NOS/c1-12-6-2-3-7-13(12)18(20)19-16-10-11-17(21)15-9-5-4-8-14(15)16/h2-3,6-7,10-11,21H,4-5,8-9H2,1H3,(H,19,20). The third-order valence-corrected chi connectivity index (χ3v) is 4.57. The highest BCUT2D eigenvalue weighted by molar-refractivity contribution is 7.80. The first-order chi connectivity index (χ1) is 10.2. The summed E-state index contributed by atoms with van der Waals surface area (Å²) in [6.07, 6.45) is 4.46. The van der Waals surface area contributed by atoms with Crippen LogP contribution in [0.15, 0.2) is 41.3 Å². The molecule has 0 atom stereocenters. The SMILES string of the molecule is Cc1ccccc1C(=O)Nc1ccc(S)c2c1CCCC2. The molecule has 3 heteroatoms. The van der Waals surface area contributed by atoms with E-state index in [1.54, 1.807) is 0 Å². The molecule has 0 saturated heterocycles. The molecular weight excluding hydrogens is 278 g/mol. The minimum Gasteiger partial charge on any atom is -0.322 e. The zero-order chi connectivity index (χ0) is 14.8. The van der Waals surface area contributed by atoms with E-state index >= 15 is 0 Å². The number of amides is 1. The van der Waals surface area contributed by atoms with Gasteiger partial charge < -0.3 is 5.32 Å². The monoisotopic (exact) mass is 297 g/mol. The molecule has 108 valence electrons. The summed E-state index contributed by atoms with van der Waals surface area (Å²) in [4.78, 5) is 13.5. The molecule has 2 aromatic rings. The van der Waals surface area contributed by atoms with Gasteiger partial charge in [-0.05, 0) is 67.5 Å². The Bertz CT molecular complexity index is 694. The number of anilines is 1. The van der Waals surface area contributed by atoms with Crippen molar-refractivity contribution >= 4 is 24.2 Å². The zero-order valence-electron chi connectivity index (χ0n) is 12.1. The van der Waals surface area contributed by atoms with Gasteiger partial charge in [0.2, 0.25) is 0 Å². The zero-order valence-corrected chi connectivity index (χ0v) is 13.0. The molecule has 0 fully saturated rings. The maximum atomic E-state index is 12.5. The largest absolute Gasteiger partial charge is 0.322 e. The van der Waals surface area contributed by atoms with Gasteiger partial charge in [-0.2, -0.15) is 0 Å². The lowest BCUT2D eigenvalue weighted by Gasteiger charge is -2.21. The van der Waals surface area contributed by atoms with Crippen LogP contribution >= 0.6 is 12.6 Å². The molecular formula is C18H19NOS. The summed E-state index contributed by atoms with van der Waals surface area (Å²) < 4.78 is 0. The van der Waals surface area contributed by atoms with Crippen molar-refractivity contribution in [2.75, 3.05) is 5.32 Å². The number of fused-ring (bicyclic) bond motifs is 1. The molecule has 0 saturated carbocycles. The van der Waals surface area contributed by atoms with E-state index in [1.165, 1.54) is 24.0 Å². The van der Waals surface area contributed by atoms with Crippen molar-refractivity contribution in [1.82, 2.24) is 0 Å². The molecule has 0 unspecified atom stereocenters. The summed E-state index contributed by atoms with van der Waals surface area (Å²) in [5.74, 6) is -0.0345. The summed E-state index contributed by atoms with van der Waals surface area (Å²) in [6.45, 7) is 1.96. The fourth-order valence-electron chi connectivity index (χ4n) is 2.98. The number of carbonyl (C=O) groups excluding carboxylic acids is 1. The van der Waals surface area contributed by atoms with Gasteiger partial charge in [-0.15, -0.1) is 12.6 Å². The first-order valence-corrected chi connectivity index (χ1v) is 7.82.